The lowest BCUT2D eigenvalue weighted by atomic mass is 10.1. The third kappa shape index (κ3) is 4.48. The number of aryl methyl sites for hydroxylation is 2. The number of carbonyl (C=O) groups excluding carboxylic acids is 2. The highest BCUT2D eigenvalue weighted by molar-refractivity contribution is 6.05. The standard InChI is InChI=1S/C21H25N3O4/c1-13-11-14(2)24(12-18-5-4-10-28-18)21(27)19(13)20(26)23-17-8-6-16(7-9-17)22-15(3)25/h6-9,11,18H,4-5,10,12H2,1-3H3,(H,22,25)(H,23,26)/t18-/m0/s1. The molecule has 0 spiro atoms. The van der Waals surface area contributed by atoms with E-state index in [0.29, 0.717) is 30.1 Å². The van der Waals surface area contributed by atoms with Gasteiger partial charge in [-0.3, -0.25) is 14.4 Å². The van der Waals surface area contributed by atoms with Gasteiger partial charge in [-0.2, -0.15) is 0 Å². The zero-order valence-electron chi connectivity index (χ0n) is 16.4. The molecule has 0 bridgehead atoms. The van der Waals surface area contributed by atoms with Gasteiger partial charge in [0.05, 0.1) is 12.6 Å². The lowest BCUT2D eigenvalue weighted by Crippen LogP contribution is -2.34. The number of nitrogens with zero attached hydrogens (tertiary/aromatic N) is 1. The molecule has 7 heteroatoms. The lowest BCUT2D eigenvalue weighted by molar-refractivity contribution is -0.114. The molecule has 148 valence electrons. The van der Waals surface area contributed by atoms with Crippen molar-refractivity contribution >= 4 is 23.2 Å². The summed E-state index contributed by atoms with van der Waals surface area (Å²) in [4.78, 5) is 36.9. The lowest BCUT2D eigenvalue weighted by Gasteiger charge is -2.17. The molecule has 0 saturated carbocycles. The number of rotatable bonds is 5. The first kappa shape index (κ1) is 19.8. The first-order chi connectivity index (χ1) is 13.3. The number of anilines is 2. The molecule has 1 atom stereocenters. The van der Waals surface area contributed by atoms with Gasteiger partial charge in [-0.25, -0.2) is 0 Å². The van der Waals surface area contributed by atoms with Crippen molar-refractivity contribution in [2.45, 2.75) is 46.3 Å². The Bertz CT molecular complexity index is 941. The fourth-order valence-electron chi connectivity index (χ4n) is 3.46. The van der Waals surface area contributed by atoms with Gasteiger partial charge in [-0.15, -0.1) is 0 Å². The molecular formula is C21H25N3O4. The number of hydrogen-bond donors (Lipinski definition) is 2. The Morgan fingerprint density at radius 2 is 1.79 bits per heavy atom. The predicted octanol–water partition coefficient (Wildman–Crippen LogP) is 2.85. The SMILES string of the molecule is CC(=O)Nc1ccc(NC(=O)c2c(C)cc(C)n(C[C@@H]3CCCO3)c2=O)cc1. The van der Waals surface area contributed by atoms with Crippen LogP contribution in [-0.4, -0.2) is 29.1 Å². The molecule has 1 aliphatic rings. The van der Waals surface area contributed by atoms with Crippen LogP contribution in [0.1, 0.15) is 41.4 Å². The van der Waals surface area contributed by atoms with Crippen molar-refractivity contribution < 1.29 is 14.3 Å². The van der Waals surface area contributed by atoms with Gasteiger partial charge >= 0.3 is 0 Å². The van der Waals surface area contributed by atoms with Gasteiger partial charge in [0, 0.05) is 30.6 Å². The summed E-state index contributed by atoms with van der Waals surface area (Å²) in [6.07, 6.45) is 1.92. The molecule has 1 aliphatic heterocycles. The molecule has 1 fully saturated rings. The van der Waals surface area contributed by atoms with Crippen molar-refractivity contribution in [1.82, 2.24) is 4.57 Å². The zero-order chi connectivity index (χ0) is 20.3. The molecule has 0 aliphatic carbocycles. The fourth-order valence-corrected chi connectivity index (χ4v) is 3.46. The molecule has 3 rings (SSSR count). The van der Waals surface area contributed by atoms with Crippen molar-refractivity contribution in [2.24, 2.45) is 0 Å². The normalized spacial score (nSPS) is 16.0. The van der Waals surface area contributed by atoms with Crippen LogP contribution in [0.2, 0.25) is 0 Å². The van der Waals surface area contributed by atoms with Crippen LogP contribution < -0.4 is 16.2 Å². The number of aromatic nitrogens is 1. The maximum atomic E-state index is 13.0. The minimum absolute atomic E-state index is 0.0105. The number of pyridine rings is 1. The van der Waals surface area contributed by atoms with E-state index in [1.807, 2.05) is 13.0 Å². The van der Waals surface area contributed by atoms with Crippen LogP contribution in [0.3, 0.4) is 0 Å². The van der Waals surface area contributed by atoms with E-state index in [2.05, 4.69) is 10.6 Å². The van der Waals surface area contributed by atoms with Crippen LogP contribution in [-0.2, 0) is 16.1 Å². The molecule has 7 nitrogen and oxygen atoms in total. The number of amides is 2. The smallest absolute Gasteiger partial charge is 0.263 e. The molecule has 1 aromatic heterocycles. The second-order valence-corrected chi connectivity index (χ2v) is 7.11. The van der Waals surface area contributed by atoms with Crippen molar-refractivity contribution in [1.29, 1.82) is 0 Å². The van der Waals surface area contributed by atoms with Crippen LogP contribution in [0, 0.1) is 13.8 Å². The quantitative estimate of drug-likeness (QED) is 0.831. The largest absolute Gasteiger partial charge is 0.376 e. The second kappa shape index (κ2) is 8.39. The highest BCUT2D eigenvalue weighted by Crippen LogP contribution is 2.17. The Balaban J connectivity index is 1.82. The van der Waals surface area contributed by atoms with Gasteiger partial charge in [0.15, 0.2) is 0 Å². The molecular weight excluding hydrogens is 358 g/mol. The molecule has 2 aromatic rings. The number of ether oxygens (including phenoxy) is 1. The molecule has 2 amide bonds. The Labute approximate surface area is 163 Å². The number of benzene rings is 1. The molecule has 2 N–H and O–H groups in total. The van der Waals surface area contributed by atoms with E-state index in [4.69, 9.17) is 4.74 Å². The van der Waals surface area contributed by atoms with Gasteiger partial charge in [-0.1, -0.05) is 0 Å². The summed E-state index contributed by atoms with van der Waals surface area (Å²) in [5, 5.41) is 5.43. The van der Waals surface area contributed by atoms with Crippen LogP contribution in [0.4, 0.5) is 11.4 Å². The summed E-state index contributed by atoms with van der Waals surface area (Å²) in [5.74, 6) is -0.616. The average Bonchev–Trinajstić information content (AvgIpc) is 3.13. The van der Waals surface area contributed by atoms with Crippen molar-refractivity contribution in [3.63, 3.8) is 0 Å². The van der Waals surface area contributed by atoms with Gasteiger partial charge in [0.2, 0.25) is 5.91 Å². The summed E-state index contributed by atoms with van der Waals surface area (Å²) in [5.41, 5.74) is 2.46. The summed E-state index contributed by atoms with van der Waals surface area (Å²) in [6.45, 7) is 6.23. The molecule has 1 saturated heterocycles. The van der Waals surface area contributed by atoms with Crippen molar-refractivity contribution in [2.75, 3.05) is 17.2 Å². The summed E-state index contributed by atoms with van der Waals surface area (Å²) >= 11 is 0. The molecule has 2 heterocycles. The maximum absolute atomic E-state index is 13.0. The molecule has 0 unspecified atom stereocenters. The minimum Gasteiger partial charge on any atom is -0.376 e. The van der Waals surface area contributed by atoms with Gasteiger partial charge in [0.1, 0.15) is 5.56 Å². The van der Waals surface area contributed by atoms with E-state index in [9.17, 15) is 14.4 Å². The van der Waals surface area contributed by atoms with E-state index >= 15 is 0 Å². The van der Waals surface area contributed by atoms with Gasteiger partial charge in [0.25, 0.3) is 11.5 Å². The predicted molar refractivity (Wildman–Crippen MR) is 108 cm³/mol. The van der Waals surface area contributed by atoms with Crippen LogP contribution in [0.15, 0.2) is 35.1 Å². The van der Waals surface area contributed by atoms with E-state index in [0.717, 1.165) is 18.5 Å². The Morgan fingerprint density at radius 1 is 1.14 bits per heavy atom. The topological polar surface area (TPSA) is 89.4 Å². The van der Waals surface area contributed by atoms with E-state index in [1.54, 1.807) is 35.8 Å². The molecule has 28 heavy (non-hydrogen) atoms. The van der Waals surface area contributed by atoms with E-state index in [1.165, 1.54) is 6.92 Å². The summed E-state index contributed by atoms with van der Waals surface area (Å²) in [6, 6.07) is 8.59. The van der Waals surface area contributed by atoms with Gasteiger partial charge in [-0.05, 0) is 62.6 Å². The number of hydrogen-bond acceptors (Lipinski definition) is 4. The number of nitrogens with one attached hydrogen (secondary N) is 2. The van der Waals surface area contributed by atoms with Crippen LogP contribution in [0.5, 0.6) is 0 Å². The Morgan fingerprint density at radius 3 is 2.36 bits per heavy atom. The second-order valence-electron chi connectivity index (χ2n) is 7.11. The monoisotopic (exact) mass is 383 g/mol. The molecule has 1 aromatic carbocycles. The highest BCUT2D eigenvalue weighted by Gasteiger charge is 2.22. The van der Waals surface area contributed by atoms with E-state index in [-0.39, 0.29) is 23.1 Å². The average molecular weight is 383 g/mol. The maximum Gasteiger partial charge on any atom is 0.263 e. The van der Waals surface area contributed by atoms with Crippen molar-refractivity contribution in [3.8, 4) is 0 Å². The van der Waals surface area contributed by atoms with E-state index < -0.39 is 5.91 Å². The first-order valence-electron chi connectivity index (χ1n) is 9.37. The highest BCUT2D eigenvalue weighted by atomic mass is 16.5. The van der Waals surface area contributed by atoms with Crippen LogP contribution in [0.25, 0.3) is 0 Å². The van der Waals surface area contributed by atoms with Gasteiger partial charge < -0.3 is 19.9 Å². The third-order valence-electron chi connectivity index (χ3n) is 4.80. The summed E-state index contributed by atoms with van der Waals surface area (Å²) in [7, 11) is 0. The Hall–Kier alpha value is -2.93. The first-order valence-corrected chi connectivity index (χ1v) is 9.37. The van der Waals surface area contributed by atoms with Crippen LogP contribution >= 0.6 is 0 Å². The van der Waals surface area contributed by atoms with Crippen molar-refractivity contribution in [3.05, 3.63) is 57.5 Å². The Kier molecular flexibility index (Phi) is 5.94. The summed E-state index contributed by atoms with van der Waals surface area (Å²) < 4.78 is 7.26. The molecule has 0 radical (unpaired) electrons. The third-order valence-corrected chi connectivity index (χ3v) is 4.80. The minimum atomic E-state index is -0.448. The fraction of sp³-hybridized carbons (Fsp3) is 0.381. The zero-order valence-corrected chi connectivity index (χ0v) is 16.4. The number of carbonyl (C=O) groups is 2.